The summed E-state index contributed by atoms with van der Waals surface area (Å²) in [5.74, 6) is -2.03. The molecule has 0 heterocycles. The van der Waals surface area contributed by atoms with Crippen molar-refractivity contribution in [2.24, 2.45) is 5.92 Å². The van der Waals surface area contributed by atoms with Crippen LogP contribution in [0.3, 0.4) is 0 Å². The van der Waals surface area contributed by atoms with Crippen LogP contribution in [-0.2, 0) is 0 Å². The van der Waals surface area contributed by atoms with E-state index in [1.165, 1.54) is 12.1 Å². The SMILES string of the molecule is N#CC(CCC(=O)c1ccc(F)cc1)CSC(F)(F)F. The van der Waals surface area contributed by atoms with Gasteiger partial charge in [-0.3, -0.25) is 4.79 Å². The average molecular weight is 305 g/mol. The quantitative estimate of drug-likeness (QED) is 0.585. The molecule has 0 aliphatic heterocycles. The summed E-state index contributed by atoms with van der Waals surface area (Å²) < 4.78 is 48.7. The monoisotopic (exact) mass is 305 g/mol. The van der Waals surface area contributed by atoms with E-state index < -0.39 is 23.0 Å². The van der Waals surface area contributed by atoms with Crippen LogP contribution in [0.5, 0.6) is 0 Å². The fraction of sp³-hybridized carbons (Fsp3) is 0.385. The Bertz CT molecular complexity index is 493. The lowest BCUT2D eigenvalue weighted by atomic mass is 10.0. The normalized spacial score (nSPS) is 12.8. The van der Waals surface area contributed by atoms with Gasteiger partial charge in [0.1, 0.15) is 5.82 Å². The highest BCUT2D eigenvalue weighted by Crippen LogP contribution is 2.32. The number of hydrogen-bond acceptors (Lipinski definition) is 3. The molecule has 1 rings (SSSR count). The minimum absolute atomic E-state index is 0.0394. The van der Waals surface area contributed by atoms with Gasteiger partial charge in [0, 0.05) is 17.7 Å². The zero-order valence-electron chi connectivity index (χ0n) is 10.3. The topological polar surface area (TPSA) is 40.9 Å². The number of benzene rings is 1. The highest BCUT2D eigenvalue weighted by molar-refractivity contribution is 8.00. The van der Waals surface area contributed by atoms with Crippen LogP contribution in [-0.4, -0.2) is 17.0 Å². The molecular formula is C13H11F4NOS. The standard InChI is InChI=1S/C13H11F4NOS/c14-11-4-2-10(3-5-11)12(19)6-1-9(7-18)8-20-13(15,16)17/h2-5,9H,1,6,8H2. The Kier molecular flexibility index (Phi) is 6.02. The molecule has 0 amide bonds. The Morgan fingerprint density at radius 3 is 2.40 bits per heavy atom. The van der Waals surface area contributed by atoms with E-state index in [9.17, 15) is 22.4 Å². The van der Waals surface area contributed by atoms with Gasteiger partial charge in [-0.25, -0.2) is 4.39 Å². The highest BCUT2D eigenvalue weighted by Gasteiger charge is 2.29. The van der Waals surface area contributed by atoms with Crippen LogP contribution < -0.4 is 0 Å². The Morgan fingerprint density at radius 1 is 1.30 bits per heavy atom. The van der Waals surface area contributed by atoms with Crippen molar-refractivity contribution in [1.29, 1.82) is 5.26 Å². The zero-order chi connectivity index (χ0) is 15.2. The second-order valence-corrected chi connectivity index (χ2v) is 5.14. The summed E-state index contributed by atoms with van der Waals surface area (Å²) in [5.41, 5.74) is -4.10. The lowest BCUT2D eigenvalue weighted by molar-refractivity contribution is -0.0329. The van der Waals surface area contributed by atoms with E-state index in [2.05, 4.69) is 0 Å². The molecule has 0 aliphatic carbocycles. The van der Waals surface area contributed by atoms with Crippen LogP contribution in [0, 0.1) is 23.1 Å². The molecule has 0 N–H and O–H groups in total. The number of ketones is 1. The van der Waals surface area contributed by atoms with Crippen molar-refractivity contribution in [2.45, 2.75) is 18.3 Å². The first-order chi connectivity index (χ1) is 9.31. The third kappa shape index (κ3) is 6.06. The van der Waals surface area contributed by atoms with Crippen molar-refractivity contribution < 1.29 is 22.4 Å². The summed E-state index contributed by atoms with van der Waals surface area (Å²) in [7, 11) is 0. The number of alkyl halides is 3. The number of nitriles is 1. The smallest absolute Gasteiger partial charge is 0.294 e. The van der Waals surface area contributed by atoms with Gasteiger partial charge in [-0.1, -0.05) is 0 Å². The number of Topliss-reactive ketones (excluding diaryl/α,β-unsaturated/α-hetero) is 1. The lowest BCUT2D eigenvalue weighted by Gasteiger charge is -2.10. The van der Waals surface area contributed by atoms with Crippen LogP contribution >= 0.6 is 11.8 Å². The number of thioether (sulfide) groups is 1. The largest absolute Gasteiger partial charge is 0.441 e. The number of hydrogen-bond donors (Lipinski definition) is 0. The summed E-state index contributed by atoms with van der Waals surface area (Å²) in [5, 5.41) is 8.75. The molecule has 0 spiro atoms. The van der Waals surface area contributed by atoms with Gasteiger partial charge in [0.25, 0.3) is 0 Å². The van der Waals surface area contributed by atoms with Gasteiger partial charge < -0.3 is 0 Å². The summed E-state index contributed by atoms with van der Waals surface area (Å²) in [6.45, 7) is 0. The Hall–Kier alpha value is -1.55. The van der Waals surface area contributed by atoms with E-state index in [-0.39, 0.29) is 36.0 Å². The van der Waals surface area contributed by atoms with Gasteiger partial charge in [0.2, 0.25) is 0 Å². The van der Waals surface area contributed by atoms with Gasteiger partial charge in [-0.05, 0) is 42.4 Å². The van der Waals surface area contributed by atoms with Gasteiger partial charge >= 0.3 is 5.51 Å². The maximum absolute atomic E-state index is 12.7. The van der Waals surface area contributed by atoms with Crippen LogP contribution in [0.1, 0.15) is 23.2 Å². The van der Waals surface area contributed by atoms with E-state index in [0.29, 0.717) is 0 Å². The van der Waals surface area contributed by atoms with Crippen LogP contribution in [0.15, 0.2) is 24.3 Å². The molecule has 0 fully saturated rings. The first-order valence-electron chi connectivity index (χ1n) is 5.71. The minimum atomic E-state index is -4.38. The first-order valence-corrected chi connectivity index (χ1v) is 6.69. The molecule has 0 aromatic heterocycles. The van der Waals surface area contributed by atoms with Crippen molar-refractivity contribution in [3.8, 4) is 6.07 Å². The molecule has 20 heavy (non-hydrogen) atoms. The van der Waals surface area contributed by atoms with E-state index in [1.807, 2.05) is 0 Å². The van der Waals surface area contributed by atoms with Crippen molar-refractivity contribution in [2.75, 3.05) is 5.75 Å². The predicted octanol–water partition coefficient (Wildman–Crippen LogP) is 4.18. The van der Waals surface area contributed by atoms with Crippen molar-refractivity contribution in [1.82, 2.24) is 0 Å². The Balaban J connectivity index is 2.46. The van der Waals surface area contributed by atoms with Crippen molar-refractivity contribution in [3.05, 3.63) is 35.6 Å². The summed E-state index contributed by atoms with van der Waals surface area (Å²) >= 11 is -0.268. The molecule has 108 valence electrons. The molecule has 1 aromatic carbocycles. The van der Waals surface area contributed by atoms with Gasteiger partial charge in [0.05, 0.1) is 12.0 Å². The summed E-state index contributed by atoms with van der Waals surface area (Å²) in [6, 6.07) is 6.64. The van der Waals surface area contributed by atoms with Gasteiger partial charge in [0.15, 0.2) is 5.78 Å². The fourth-order valence-electron chi connectivity index (χ4n) is 1.47. The van der Waals surface area contributed by atoms with Crippen molar-refractivity contribution >= 4 is 17.5 Å². The number of carbonyl (C=O) groups is 1. The number of halogens is 4. The maximum Gasteiger partial charge on any atom is 0.441 e. The summed E-state index contributed by atoms with van der Waals surface area (Å²) in [4.78, 5) is 11.7. The number of nitrogens with zero attached hydrogens (tertiary/aromatic N) is 1. The predicted molar refractivity (Wildman–Crippen MR) is 67.6 cm³/mol. The molecule has 0 saturated heterocycles. The molecule has 0 saturated carbocycles. The molecule has 2 nitrogen and oxygen atoms in total. The first kappa shape index (κ1) is 16.5. The molecule has 7 heteroatoms. The molecule has 0 bridgehead atoms. The van der Waals surface area contributed by atoms with Crippen LogP contribution in [0.4, 0.5) is 17.6 Å². The molecule has 0 aliphatic rings. The molecule has 0 radical (unpaired) electrons. The van der Waals surface area contributed by atoms with E-state index >= 15 is 0 Å². The second kappa shape index (κ2) is 7.29. The van der Waals surface area contributed by atoms with Crippen molar-refractivity contribution in [3.63, 3.8) is 0 Å². The molecule has 1 atom stereocenters. The second-order valence-electron chi connectivity index (χ2n) is 4.05. The third-order valence-electron chi connectivity index (χ3n) is 2.52. The van der Waals surface area contributed by atoms with E-state index in [0.717, 1.165) is 12.1 Å². The fourth-order valence-corrected chi connectivity index (χ4v) is 2.10. The lowest BCUT2D eigenvalue weighted by Crippen LogP contribution is -2.10. The molecule has 1 unspecified atom stereocenters. The summed E-state index contributed by atoms with van der Waals surface area (Å²) in [6.07, 6.45) is 0.0120. The van der Waals surface area contributed by atoms with E-state index in [4.69, 9.17) is 5.26 Å². The highest BCUT2D eigenvalue weighted by atomic mass is 32.2. The third-order valence-corrected chi connectivity index (χ3v) is 3.41. The molecular weight excluding hydrogens is 294 g/mol. The number of rotatable bonds is 6. The maximum atomic E-state index is 12.7. The minimum Gasteiger partial charge on any atom is -0.294 e. The number of carbonyl (C=O) groups excluding carboxylic acids is 1. The van der Waals surface area contributed by atoms with Crippen LogP contribution in [0.2, 0.25) is 0 Å². The van der Waals surface area contributed by atoms with Crippen LogP contribution in [0.25, 0.3) is 0 Å². The Labute approximate surface area is 117 Å². The Morgan fingerprint density at radius 2 is 1.90 bits per heavy atom. The molecule has 1 aromatic rings. The zero-order valence-corrected chi connectivity index (χ0v) is 11.1. The van der Waals surface area contributed by atoms with E-state index in [1.54, 1.807) is 6.07 Å². The average Bonchev–Trinajstić information content (AvgIpc) is 2.38. The van der Waals surface area contributed by atoms with Gasteiger partial charge in [-0.2, -0.15) is 18.4 Å². The van der Waals surface area contributed by atoms with Gasteiger partial charge in [-0.15, -0.1) is 0 Å².